The molecule has 6 nitrogen and oxygen atoms in total. The van der Waals surface area contributed by atoms with Crippen LogP contribution in [0.3, 0.4) is 0 Å². The molecular weight excluding hydrogens is 511 g/mol. The van der Waals surface area contributed by atoms with E-state index in [2.05, 4.69) is 51.1 Å². The standard InChI is InChI=1S/C22H32N4O2S.HI/c1-17(2)25-29(27,28)16-21-12-10-19(11-13-21)14-24-22(23-4)26(5)15-20-8-6-18(3)7-9-20;/h6-13,17,25H,14-16H2,1-5H3,(H,23,24);1H. The molecule has 0 spiro atoms. The van der Waals surface area contributed by atoms with E-state index >= 15 is 0 Å². The van der Waals surface area contributed by atoms with Gasteiger partial charge in [0.15, 0.2) is 5.96 Å². The first-order valence-corrected chi connectivity index (χ1v) is 11.4. The van der Waals surface area contributed by atoms with Crippen molar-refractivity contribution in [1.29, 1.82) is 0 Å². The molecule has 166 valence electrons. The van der Waals surface area contributed by atoms with Crippen molar-refractivity contribution in [1.82, 2.24) is 14.9 Å². The van der Waals surface area contributed by atoms with Crippen molar-refractivity contribution in [3.8, 4) is 0 Å². The molecular formula is C22H33IN4O2S. The third-order valence-corrected chi connectivity index (χ3v) is 5.90. The summed E-state index contributed by atoms with van der Waals surface area (Å²) < 4.78 is 26.7. The number of guanidine groups is 1. The lowest BCUT2D eigenvalue weighted by atomic mass is 10.1. The zero-order valence-electron chi connectivity index (χ0n) is 18.3. The van der Waals surface area contributed by atoms with Crippen molar-refractivity contribution in [2.24, 2.45) is 4.99 Å². The molecule has 0 aromatic heterocycles. The van der Waals surface area contributed by atoms with Gasteiger partial charge in [-0.25, -0.2) is 13.1 Å². The van der Waals surface area contributed by atoms with Crippen LogP contribution in [0.25, 0.3) is 0 Å². The molecule has 0 aliphatic carbocycles. The normalized spacial score (nSPS) is 11.9. The Labute approximate surface area is 198 Å². The van der Waals surface area contributed by atoms with E-state index in [1.807, 2.05) is 45.2 Å². The minimum Gasteiger partial charge on any atom is -0.352 e. The van der Waals surface area contributed by atoms with Gasteiger partial charge in [-0.05, 0) is 37.5 Å². The predicted octanol–water partition coefficient (Wildman–Crippen LogP) is 3.65. The Balaban J connectivity index is 0.00000450. The van der Waals surface area contributed by atoms with Gasteiger partial charge in [0.1, 0.15) is 0 Å². The van der Waals surface area contributed by atoms with Gasteiger partial charge < -0.3 is 10.2 Å². The molecule has 0 unspecified atom stereocenters. The van der Waals surface area contributed by atoms with Gasteiger partial charge >= 0.3 is 0 Å². The topological polar surface area (TPSA) is 73.8 Å². The number of nitrogens with one attached hydrogen (secondary N) is 2. The van der Waals surface area contributed by atoms with Crippen LogP contribution in [0.5, 0.6) is 0 Å². The fraction of sp³-hybridized carbons (Fsp3) is 0.409. The minimum atomic E-state index is -3.31. The minimum absolute atomic E-state index is 0. The fourth-order valence-corrected chi connectivity index (χ4v) is 4.41. The molecule has 0 bridgehead atoms. The number of rotatable bonds is 8. The van der Waals surface area contributed by atoms with Gasteiger partial charge in [0.25, 0.3) is 0 Å². The first-order chi connectivity index (χ1) is 13.7. The van der Waals surface area contributed by atoms with Crippen LogP contribution >= 0.6 is 24.0 Å². The van der Waals surface area contributed by atoms with Crippen molar-refractivity contribution in [3.63, 3.8) is 0 Å². The number of benzene rings is 2. The second-order valence-corrected chi connectivity index (χ2v) is 9.34. The Morgan fingerprint density at radius 2 is 1.53 bits per heavy atom. The number of hydrogen-bond acceptors (Lipinski definition) is 3. The van der Waals surface area contributed by atoms with E-state index in [1.165, 1.54) is 11.1 Å². The van der Waals surface area contributed by atoms with Gasteiger partial charge in [-0.15, -0.1) is 24.0 Å². The Morgan fingerprint density at radius 3 is 2.07 bits per heavy atom. The molecule has 30 heavy (non-hydrogen) atoms. The number of aliphatic imine (C=N–C) groups is 1. The number of aryl methyl sites for hydroxylation is 1. The molecule has 0 atom stereocenters. The van der Waals surface area contributed by atoms with Crippen LogP contribution in [0.2, 0.25) is 0 Å². The highest BCUT2D eigenvalue weighted by Crippen LogP contribution is 2.09. The molecule has 0 fully saturated rings. The van der Waals surface area contributed by atoms with Gasteiger partial charge in [0.05, 0.1) is 5.75 Å². The van der Waals surface area contributed by atoms with Gasteiger partial charge in [-0.3, -0.25) is 4.99 Å². The summed E-state index contributed by atoms with van der Waals surface area (Å²) in [5.74, 6) is 0.790. The van der Waals surface area contributed by atoms with Crippen LogP contribution in [-0.4, -0.2) is 39.4 Å². The highest BCUT2D eigenvalue weighted by molar-refractivity contribution is 14.0. The summed E-state index contributed by atoms with van der Waals surface area (Å²) in [5, 5.41) is 3.36. The smallest absolute Gasteiger partial charge is 0.216 e. The molecule has 0 aliphatic rings. The summed E-state index contributed by atoms with van der Waals surface area (Å²) in [7, 11) is 0.461. The molecule has 2 aromatic carbocycles. The highest BCUT2D eigenvalue weighted by atomic mass is 127. The first-order valence-electron chi connectivity index (χ1n) is 9.73. The largest absolute Gasteiger partial charge is 0.352 e. The number of nitrogens with zero attached hydrogens (tertiary/aromatic N) is 2. The first kappa shape index (κ1) is 26.4. The molecule has 2 rings (SSSR count). The van der Waals surface area contributed by atoms with Crippen LogP contribution in [-0.2, 0) is 28.9 Å². The maximum absolute atomic E-state index is 12.0. The molecule has 0 saturated carbocycles. The summed E-state index contributed by atoms with van der Waals surface area (Å²) >= 11 is 0. The molecule has 2 N–H and O–H groups in total. The summed E-state index contributed by atoms with van der Waals surface area (Å²) in [6.45, 7) is 7.08. The highest BCUT2D eigenvalue weighted by Gasteiger charge is 2.13. The third-order valence-electron chi connectivity index (χ3n) is 4.36. The van der Waals surface area contributed by atoms with Gasteiger partial charge in [0.2, 0.25) is 10.0 Å². The summed E-state index contributed by atoms with van der Waals surface area (Å²) in [6, 6.07) is 16.0. The second-order valence-electron chi connectivity index (χ2n) is 7.59. The Bertz CT molecular complexity index is 911. The monoisotopic (exact) mass is 544 g/mol. The van der Waals surface area contributed by atoms with E-state index in [0.717, 1.165) is 23.6 Å². The molecule has 2 aromatic rings. The number of hydrogen-bond donors (Lipinski definition) is 2. The molecule has 0 aliphatic heterocycles. The van der Waals surface area contributed by atoms with Crippen molar-refractivity contribution < 1.29 is 8.42 Å². The number of sulfonamides is 1. The molecule has 0 saturated heterocycles. The van der Waals surface area contributed by atoms with E-state index in [4.69, 9.17) is 0 Å². The van der Waals surface area contributed by atoms with E-state index in [9.17, 15) is 8.42 Å². The lowest BCUT2D eigenvalue weighted by molar-refractivity contribution is 0.476. The fourth-order valence-electron chi connectivity index (χ4n) is 2.98. The second kappa shape index (κ2) is 12.3. The zero-order chi connectivity index (χ0) is 21.4. The van der Waals surface area contributed by atoms with E-state index in [0.29, 0.717) is 6.54 Å². The van der Waals surface area contributed by atoms with Gasteiger partial charge in [-0.2, -0.15) is 0 Å². The Morgan fingerprint density at radius 1 is 1.00 bits per heavy atom. The molecule has 0 heterocycles. The van der Waals surface area contributed by atoms with Crippen LogP contribution < -0.4 is 10.0 Å². The Kier molecular flexibility index (Phi) is 10.8. The molecule has 0 amide bonds. The van der Waals surface area contributed by atoms with Crippen LogP contribution in [0.15, 0.2) is 53.5 Å². The van der Waals surface area contributed by atoms with E-state index < -0.39 is 10.0 Å². The lowest BCUT2D eigenvalue weighted by Crippen LogP contribution is -2.38. The maximum Gasteiger partial charge on any atom is 0.216 e. The predicted molar refractivity (Wildman–Crippen MR) is 136 cm³/mol. The quantitative estimate of drug-likeness (QED) is 0.303. The average Bonchev–Trinajstić information content (AvgIpc) is 2.64. The lowest BCUT2D eigenvalue weighted by Gasteiger charge is -2.22. The maximum atomic E-state index is 12.0. The van der Waals surface area contributed by atoms with Crippen molar-refractivity contribution in [2.45, 2.75) is 45.7 Å². The van der Waals surface area contributed by atoms with Crippen molar-refractivity contribution in [2.75, 3.05) is 14.1 Å². The summed E-state index contributed by atoms with van der Waals surface area (Å²) in [5.41, 5.74) is 4.30. The molecule has 8 heteroatoms. The average molecular weight is 545 g/mol. The SMILES string of the molecule is CN=C(NCc1ccc(CS(=O)(=O)NC(C)C)cc1)N(C)Cc1ccc(C)cc1.I. The van der Waals surface area contributed by atoms with Crippen LogP contribution in [0.1, 0.15) is 36.1 Å². The zero-order valence-corrected chi connectivity index (χ0v) is 21.5. The van der Waals surface area contributed by atoms with E-state index in [-0.39, 0.29) is 35.8 Å². The summed E-state index contributed by atoms with van der Waals surface area (Å²) in [6.07, 6.45) is 0. The van der Waals surface area contributed by atoms with Crippen molar-refractivity contribution >= 4 is 40.0 Å². The van der Waals surface area contributed by atoms with Crippen LogP contribution in [0.4, 0.5) is 0 Å². The van der Waals surface area contributed by atoms with Crippen LogP contribution in [0, 0.1) is 6.92 Å². The molecule has 0 radical (unpaired) electrons. The Hall–Kier alpha value is -1.65. The summed E-state index contributed by atoms with van der Waals surface area (Å²) in [4.78, 5) is 6.43. The van der Waals surface area contributed by atoms with E-state index in [1.54, 1.807) is 7.05 Å². The third kappa shape index (κ3) is 9.01. The van der Waals surface area contributed by atoms with Crippen molar-refractivity contribution in [3.05, 3.63) is 70.8 Å². The van der Waals surface area contributed by atoms with Gasteiger partial charge in [0, 0.05) is 33.2 Å². The van der Waals surface area contributed by atoms with Gasteiger partial charge in [-0.1, -0.05) is 54.1 Å². The number of halogens is 1.